The number of nitrogens with zero attached hydrogens (tertiary/aromatic N) is 8. The highest BCUT2D eigenvalue weighted by molar-refractivity contribution is 5.87. The molecule has 1 aliphatic heterocycles. The molecule has 13 heteroatoms. The van der Waals surface area contributed by atoms with Crippen molar-refractivity contribution in [3.63, 3.8) is 0 Å². The molecule has 1 fully saturated rings. The van der Waals surface area contributed by atoms with Gasteiger partial charge in [-0.3, -0.25) is 9.69 Å². The van der Waals surface area contributed by atoms with Crippen LogP contribution >= 0.6 is 0 Å². The molecule has 4 rings (SSSR count). The molecule has 1 aliphatic rings. The van der Waals surface area contributed by atoms with Crippen molar-refractivity contribution in [2.75, 3.05) is 41.0 Å². The summed E-state index contributed by atoms with van der Waals surface area (Å²) < 4.78 is 6.67. The fraction of sp³-hybridized carbons (Fsp3) is 0.440. The maximum Gasteiger partial charge on any atom is 0.414 e. The van der Waals surface area contributed by atoms with Crippen LogP contribution in [0.4, 0.5) is 33.9 Å². The summed E-state index contributed by atoms with van der Waals surface area (Å²) in [5, 5.41) is 7.59. The van der Waals surface area contributed by atoms with Gasteiger partial charge in [-0.1, -0.05) is 0 Å². The molecule has 0 radical (unpaired) electrons. The molecule has 2 amide bonds. The predicted octanol–water partition coefficient (Wildman–Crippen LogP) is 2.81. The van der Waals surface area contributed by atoms with Crippen LogP contribution in [0.1, 0.15) is 34.6 Å². The number of carbonyl (C=O) groups excluding carboxylic acids is 2. The SMILES string of the molecule is CC(=O)N1[C@H](C)CN(c2cc(-n3nc(Nc4ccc(N(C)C(=O)OC(C)C)cc4)nc3N)ncn2)C[C@@H]1C. The highest BCUT2D eigenvalue weighted by Gasteiger charge is 2.32. The summed E-state index contributed by atoms with van der Waals surface area (Å²) in [5.74, 6) is 1.71. The molecule has 0 saturated carbocycles. The van der Waals surface area contributed by atoms with Gasteiger partial charge in [0.1, 0.15) is 12.1 Å². The molecule has 2 atom stereocenters. The minimum atomic E-state index is -0.428. The van der Waals surface area contributed by atoms with Crippen molar-refractivity contribution in [1.29, 1.82) is 0 Å². The topological polar surface area (TPSA) is 148 Å². The molecular formula is C25H34N10O3. The molecular weight excluding hydrogens is 488 g/mol. The van der Waals surface area contributed by atoms with Crippen LogP contribution in [0.5, 0.6) is 0 Å². The number of hydrogen-bond acceptors (Lipinski definition) is 10. The van der Waals surface area contributed by atoms with Gasteiger partial charge in [-0.2, -0.15) is 9.67 Å². The maximum atomic E-state index is 12.1. The Labute approximate surface area is 221 Å². The standard InChI is InChI=1S/C25H34N10O3/c1-15(2)38-25(37)32(6)20-9-7-19(8-10-20)29-24-30-23(26)35(31-24)22-11-21(27-14-28-22)33-12-16(3)34(18(5)36)17(4)13-33/h7-11,14-17H,12-13H2,1-6H3,(H3,26,29,30,31)/t16-,17+. The monoisotopic (exact) mass is 522 g/mol. The van der Waals surface area contributed by atoms with Crippen LogP contribution < -0.4 is 20.9 Å². The second-order valence-electron chi connectivity index (χ2n) is 9.63. The molecule has 0 aliphatic carbocycles. The van der Waals surface area contributed by atoms with E-state index in [-0.39, 0.29) is 30.0 Å². The number of nitrogens with two attached hydrogens (primary N) is 1. The molecule has 202 valence electrons. The van der Waals surface area contributed by atoms with Gasteiger partial charge in [0.05, 0.1) is 6.10 Å². The highest BCUT2D eigenvalue weighted by Crippen LogP contribution is 2.24. The van der Waals surface area contributed by atoms with E-state index in [9.17, 15) is 9.59 Å². The van der Waals surface area contributed by atoms with Crippen LogP contribution in [0.15, 0.2) is 36.7 Å². The van der Waals surface area contributed by atoms with Gasteiger partial charge >= 0.3 is 6.09 Å². The van der Waals surface area contributed by atoms with E-state index < -0.39 is 6.09 Å². The Morgan fingerprint density at radius 1 is 1.11 bits per heavy atom. The fourth-order valence-corrected chi connectivity index (χ4v) is 4.59. The first-order valence-corrected chi connectivity index (χ1v) is 12.4. The van der Waals surface area contributed by atoms with E-state index >= 15 is 0 Å². The average molecular weight is 523 g/mol. The quantitative estimate of drug-likeness (QED) is 0.495. The zero-order chi connectivity index (χ0) is 27.6. The van der Waals surface area contributed by atoms with Crippen molar-refractivity contribution < 1.29 is 14.3 Å². The number of nitrogen functional groups attached to an aromatic ring is 1. The minimum Gasteiger partial charge on any atom is -0.446 e. The number of carbonyl (C=O) groups is 2. The summed E-state index contributed by atoms with van der Waals surface area (Å²) in [6.07, 6.45) is 0.834. The number of anilines is 5. The average Bonchev–Trinajstić information content (AvgIpc) is 3.22. The van der Waals surface area contributed by atoms with E-state index in [4.69, 9.17) is 10.5 Å². The fourth-order valence-electron chi connectivity index (χ4n) is 4.59. The van der Waals surface area contributed by atoms with E-state index in [1.807, 2.05) is 18.7 Å². The number of benzene rings is 1. The molecule has 1 aromatic carbocycles. The van der Waals surface area contributed by atoms with Crippen LogP contribution in [-0.4, -0.2) is 80.0 Å². The molecule has 0 unspecified atom stereocenters. The zero-order valence-electron chi connectivity index (χ0n) is 22.5. The molecule has 2 aromatic heterocycles. The van der Waals surface area contributed by atoms with Crippen LogP contribution in [0, 0.1) is 0 Å². The van der Waals surface area contributed by atoms with Gasteiger partial charge in [-0.15, -0.1) is 5.10 Å². The first-order valence-electron chi connectivity index (χ1n) is 12.4. The Morgan fingerprint density at radius 3 is 2.34 bits per heavy atom. The number of hydrogen-bond donors (Lipinski definition) is 2. The van der Waals surface area contributed by atoms with Crippen LogP contribution in [0.25, 0.3) is 5.82 Å². The predicted molar refractivity (Wildman–Crippen MR) is 145 cm³/mol. The van der Waals surface area contributed by atoms with Gasteiger partial charge < -0.3 is 25.6 Å². The summed E-state index contributed by atoms with van der Waals surface area (Å²) in [5.41, 5.74) is 7.56. The molecule has 1 saturated heterocycles. The Kier molecular flexibility index (Phi) is 7.65. The Hall–Kier alpha value is -4.42. The molecule has 0 spiro atoms. The largest absolute Gasteiger partial charge is 0.446 e. The molecule has 13 nitrogen and oxygen atoms in total. The molecule has 0 bridgehead atoms. The third-order valence-corrected chi connectivity index (χ3v) is 6.22. The van der Waals surface area contributed by atoms with Crippen LogP contribution in [-0.2, 0) is 9.53 Å². The Bertz CT molecular complexity index is 1280. The highest BCUT2D eigenvalue weighted by atomic mass is 16.6. The lowest BCUT2D eigenvalue weighted by atomic mass is 10.1. The third kappa shape index (κ3) is 5.76. The molecule has 3 N–H and O–H groups in total. The summed E-state index contributed by atoms with van der Waals surface area (Å²) in [6.45, 7) is 10.6. The van der Waals surface area contributed by atoms with E-state index in [1.165, 1.54) is 15.9 Å². The van der Waals surface area contributed by atoms with Crippen LogP contribution in [0.2, 0.25) is 0 Å². The van der Waals surface area contributed by atoms with Gasteiger partial charge in [0.2, 0.25) is 17.8 Å². The normalized spacial score (nSPS) is 17.4. The van der Waals surface area contributed by atoms with Crippen molar-refractivity contribution in [3.8, 4) is 5.82 Å². The number of piperazine rings is 1. The van der Waals surface area contributed by atoms with Gasteiger partial charge in [0, 0.05) is 56.6 Å². The minimum absolute atomic E-state index is 0.0499. The maximum absolute atomic E-state index is 12.1. The van der Waals surface area contributed by atoms with Crippen molar-refractivity contribution in [2.45, 2.75) is 52.8 Å². The number of amides is 2. The summed E-state index contributed by atoms with van der Waals surface area (Å²) in [4.78, 5) is 42.7. The van der Waals surface area contributed by atoms with Crippen molar-refractivity contribution in [3.05, 3.63) is 36.7 Å². The number of aromatic nitrogens is 5. The smallest absolute Gasteiger partial charge is 0.414 e. The number of rotatable bonds is 6. The molecule has 3 heterocycles. The van der Waals surface area contributed by atoms with Gasteiger partial charge in [0.15, 0.2) is 5.82 Å². The van der Waals surface area contributed by atoms with Crippen LogP contribution in [0.3, 0.4) is 0 Å². The molecule has 3 aromatic rings. The van der Waals surface area contributed by atoms with Gasteiger partial charge in [-0.25, -0.2) is 14.8 Å². The number of nitrogens with one attached hydrogen (secondary N) is 1. The van der Waals surface area contributed by atoms with E-state index in [2.05, 4.69) is 30.3 Å². The third-order valence-electron chi connectivity index (χ3n) is 6.22. The van der Waals surface area contributed by atoms with E-state index in [0.29, 0.717) is 36.2 Å². The number of ether oxygens (including phenoxy) is 1. The van der Waals surface area contributed by atoms with Gasteiger partial charge in [-0.05, 0) is 52.0 Å². The Balaban J connectivity index is 1.47. The lowest BCUT2D eigenvalue weighted by Crippen LogP contribution is -2.58. The Morgan fingerprint density at radius 2 is 1.74 bits per heavy atom. The van der Waals surface area contributed by atoms with Gasteiger partial charge in [0.25, 0.3) is 0 Å². The summed E-state index contributed by atoms with van der Waals surface area (Å²) in [6, 6.07) is 9.08. The lowest BCUT2D eigenvalue weighted by molar-refractivity contribution is -0.133. The van der Waals surface area contributed by atoms with Crippen molar-refractivity contribution >= 4 is 41.1 Å². The lowest BCUT2D eigenvalue weighted by Gasteiger charge is -2.44. The van der Waals surface area contributed by atoms with E-state index in [0.717, 1.165) is 5.82 Å². The zero-order valence-corrected chi connectivity index (χ0v) is 22.5. The second kappa shape index (κ2) is 10.9. The van der Waals surface area contributed by atoms with Crippen molar-refractivity contribution in [1.82, 2.24) is 29.6 Å². The second-order valence-corrected chi connectivity index (χ2v) is 9.63. The van der Waals surface area contributed by atoms with E-state index in [1.54, 1.807) is 58.2 Å². The summed E-state index contributed by atoms with van der Waals surface area (Å²) >= 11 is 0. The first-order chi connectivity index (χ1) is 18.0. The molecule has 38 heavy (non-hydrogen) atoms. The summed E-state index contributed by atoms with van der Waals surface area (Å²) in [7, 11) is 1.65. The van der Waals surface area contributed by atoms with Crippen molar-refractivity contribution in [2.24, 2.45) is 0 Å². The first kappa shape index (κ1) is 26.6.